The smallest absolute Gasteiger partial charge is 0.341 e. The van der Waals surface area contributed by atoms with Crippen LogP contribution >= 0.6 is 0 Å². The number of amides is 1. The summed E-state index contributed by atoms with van der Waals surface area (Å²) in [6.07, 6.45) is 0. The Morgan fingerprint density at radius 1 is 1.04 bits per heavy atom. The minimum atomic E-state index is -1.06. The average molecular weight is 343 g/mol. The van der Waals surface area contributed by atoms with Crippen LogP contribution < -0.4 is 14.8 Å². The second-order valence-electron chi connectivity index (χ2n) is 6.40. The maximum atomic E-state index is 12.3. The fourth-order valence-corrected chi connectivity index (χ4v) is 2.04. The number of aliphatic carboxylic acids is 1. The molecule has 25 heavy (non-hydrogen) atoms. The first-order valence-electron chi connectivity index (χ1n) is 7.78. The first-order chi connectivity index (χ1) is 11.7. The van der Waals surface area contributed by atoms with E-state index in [1.54, 1.807) is 48.5 Å². The number of benzene rings is 2. The van der Waals surface area contributed by atoms with Gasteiger partial charge in [-0.3, -0.25) is 4.79 Å². The lowest BCUT2D eigenvalue weighted by atomic mass is 10.1. The highest BCUT2D eigenvalue weighted by Crippen LogP contribution is 2.21. The van der Waals surface area contributed by atoms with Crippen molar-refractivity contribution in [1.29, 1.82) is 0 Å². The number of carbonyl (C=O) groups excluding carboxylic acids is 1. The molecule has 0 heterocycles. The molecule has 0 aromatic heterocycles. The van der Waals surface area contributed by atoms with E-state index in [1.807, 2.05) is 20.8 Å². The molecule has 6 nitrogen and oxygen atoms in total. The summed E-state index contributed by atoms with van der Waals surface area (Å²) >= 11 is 0. The molecular formula is C19H21NO5. The van der Waals surface area contributed by atoms with Crippen molar-refractivity contribution in [2.75, 3.05) is 11.9 Å². The summed E-state index contributed by atoms with van der Waals surface area (Å²) in [6.45, 7) is 5.42. The SMILES string of the molecule is CC(C)(C)Oc1ccc(C(=O)Nc2cccc(OCC(=O)O)c2)cc1. The Bertz CT molecular complexity index is 747. The molecule has 0 bridgehead atoms. The zero-order chi connectivity index (χ0) is 18.4. The van der Waals surface area contributed by atoms with Crippen LogP contribution in [0.4, 0.5) is 5.69 Å². The van der Waals surface area contributed by atoms with Gasteiger partial charge in [-0.2, -0.15) is 0 Å². The number of carboxylic acid groups (broad SMARTS) is 1. The molecule has 132 valence electrons. The Kier molecular flexibility index (Phi) is 5.64. The molecular weight excluding hydrogens is 322 g/mol. The third-order valence-electron chi connectivity index (χ3n) is 2.99. The van der Waals surface area contributed by atoms with Crippen LogP contribution in [0, 0.1) is 0 Å². The van der Waals surface area contributed by atoms with Crippen LogP contribution in [0.1, 0.15) is 31.1 Å². The highest BCUT2D eigenvalue weighted by molar-refractivity contribution is 6.04. The van der Waals surface area contributed by atoms with Crippen molar-refractivity contribution in [3.05, 3.63) is 54.1 Å². The third kappa shape index (κ3) is 6.18. The minimum Gasteiger partial charge on any atom is -0.488 e. The molecule has 0 aliphatic heterocycles. The van der Waals surface area contributed by atoms with Crippen LogP contribution in [0.2, 0.25) is 0 Å². The summed E-state index contributed by atoms with van der Waals surface area (Å²) in [6, 6.07) is 13.4. The number of rotatable bonds is 6. The lowest BCUT2D eigenvalue weighted by Gasteiger charge is -2.21. The van der Waals surface area contributed by atoms with Gasteiger partial charge in [-0.25, -0.2) is 4.79 Å². The molecule has 2 N–H and O–H groups in total. The Hall–Kier alpha value is -3.02. The van der Waals surface area contributed by atoms with Crippen LogP contribution in [0.3, 0.4) is 0 Å². The van der Waals surface area contributed by atoms with Gasteiger partial charge in [0.05, 0.1) is 0 Å². The first kappa shape index (κ1) is 18.3. The van der Waals surface area contributed by atoms with Crippen molar-refractivity contribution >= 4 is 17.6 Å². The zero-order valence-corrected chi connectivity index (χ0v) is 14.4. The van der Waals surface area contributed by atoms with Crippen molar-refractivity contribution in [1.82, 2.24) is 0 Å². The van der Waals surface area contributed by atoms with Gasteiger partial charge in [0.1, 0.15) is 17.1 Å². The summed E-state index contributed by atoms with van der Waals surface area (Å²) in [5, 5.41) is 11.4. The molecule has 2 aromatic rings. The Balaban J connectivity index is 2.02. The van der Waals surface area contributed by atoms with Gasteiger partial charge >= 0.3 is 5.97 Å². The van der Waals surface area contributed by atoms with Gasteiger partial charge in [-0.05, 0) is 57.2 Å². The second-order valence-corrected chi connectivity index (χ2v) is 6.40. The van der Waals surface area contributed by atoms with Gasteiger partial charge in [0.25, 0.3) is 5.91 Å². The second kappa shape index (κ2) is 7.70. The monoisotopic (exact) mass is 343 g/mol. The summed E-state index contributed by atoms with van der Waals surface area (Å²) in [7, 11) is 0. The number of hydrogen-bond donors (Lipinski definition) is 2. The fourth-order valence-electron chi connectivity index (χ4n) is 2.04. The molecule has 2 aromatic carbocycles. The molecule has 0 atom stereocenters. The van der Waals surface area contributed by atoms with Crippen molar-refractivity contribution in [2.45, 2.75) is 26.4 Å². The van der Waals surface area contributed by atoms with Crippen LogP contribution in [0.15, 0.2) is 48.5 Å². The first-order valence-corrected chi connectivity index (χ1v) is 7.78. The van der Waals surface area contributed by atoms with E-state index in [1.165, 1.54) is 0 Å². The van der Waals surface area contributed by atoms with E-state index in [9.17, 15) is 9.59 Å². The lowest BCUT2D eigenvalue weighted by Crippen LogP contribution is -2.23. The van der Waals surface area contributed by atoms with E-state index < -0.39 is 12.6 Å². The fraction of sp³-hybridized carbons (Fsp3) is 0.263. The molecule has 0 aliphatic rings. The largest absolute Gasteiger partial charge is 0.488 e. The van der Waals surface area contributed by atoms with Crippen LogP contribution in [-0.2, 0) is 4.79 Å². The summed E-state index contributed by atoms with van der Waals surface area (Å²) in [5.41, 5.74) is 0.696. The molecule has 0 saturated carbocycles. The highest BCUT2D eigenvalue weighted by atomic mass is 16.5. The minimum absolute atomic E-state index is 0.280. The molecule has 2 rings (SSSR count). The normalized spacial score (nSPS) is 10.8. The highest BCUT2D eigenvalue weighted by Gasteiger charge is 2.12. The predicted octanol–water partition coefficient (Wildman–Crippen LogP) is 3.58. The van der Waals surface area contributed by atoms with Crippen molar-refractivity contribution in [3.63, 3.8) is 0 Å². The summed E-state index contributed by atoms with van der Waals surface area (Å²) in [5.74, 6) is -0.285. The van der Waals surface area contributed by atoms with E-state index in [0.717, 1.165) is 0 Å². The predicted molar refractivity (Wildman–Crippen MR) is 94.3 cm³/mol. The lowest BCUT2D eigenvalue weighted by molar-refractivity contribution is -0.139. The number of carbonyl (C=O) groups is 2. The van der Waals surface area contributed by atoms with E-state index >= 15 is 0 Å². The molecule has 0 saturated heterocycles. The molecule has 0 aliphatic carbocycles. The number of ether oxygens (including phenoxy) is 2. The van der Waals surface area contributed by atoms with E-state index in [-0.39, 0.29) is 11.5 Å². The van der Waals surface area contributed by atoms with Gasteiger partial charge in [-0.15, -0.1) is 0 Å². The Labute approximate surface area is 146 Å². The van der Waals surface area contributed by atoms with Gasteiger partial charge in [0.2, 0.25) is 0 Å². The Morgan fingerprint density at radius 3 is 2.32 bits per heavy atom. The van der Waals surface area contributed by atoms with Crippen LogP contribution in [-0.4, -0.2) is 29.2 Å². The number of nitrogens with one attached hydrogen (secondary N) is 1. The van der Waals surface area contributed by atoms with E-state index in [0.29, 0.717) is 22.7 Å². The van der Waals surface area contributed by atoms with E-state index in [2.05, 4.69) is 5.32 Å². The zero-order valence-electron chi connectivity index (χ0n) is 14.4. The molecule has 1 amide bonds. The number of carboxylic acids is 1. The average Bonchev–Trinajstić information content (AvgIpc) is 2.52. The van der Waals surface area contributed by atoms with E-state index in [4.69, 9.17) is 14.6 Å². The van der Waals surface area contributed by atoms with Crippen molar-refractivity contribution < 1.29 is 24.2 Å². The van der Waals surface area contributed by atoms with Gasteiger partial charge < -0.3 is 19.9 Å². The van der Waals surface area contributed by atoms with Crippen LogP contribution in [0.5, 0.6) is 11.5 Å². The molecule has 0 unspecified atom stereocenters. The van der Waals surface area contributed by atoms with Gasteiger partial charge in [0, 0.05) is 17.3 Å². The standard InChI is InChI=1S/C19H21NO5/c1-19(2,3)25-15-9-7-13(8-10-15)18(23)20-14-5-4-6-16(11-14)24-12-17(21)22/h4-11H,12H2,1-3H3,(H,20,23)(H,21,22). The summed E-state index contributed by atoms with van der Waals surface area (Å²) in [4.78, 5) is 22.8. The van der Waals surface area contributed by atoms with Gasteiger partial charge in [0.15, 0.2) is 6.61 Å². The number of hydrogen-bond acceptors (Lipinski definition) is 4. The maximum Gasteiger partial charge on any atom is 0.341 e. The molecule has 6 heteroatoms. The van der Waals surface area contributed by atoms with Crippen molar-refractivity contribution in [3.8, 4) is 11.5 Å². The topological polar surface area (TPSA) is 84.9 Å². The molecule has 0 fully saturated rings. The van der Waals surface area contributed by atoms with Crippen LogP contribution in [0.25, 0.3) is 0 Å². The molecule has 0 radical (unpaired) electrons. The molecule has 0 spiro atoms. The quantitative estimate of drug-likeness (QED) is 0.837. The van der Waals surface area contributed by atoms with Gasteiger partial charge in [-0.1, -0.05) is 6.07 Å². The summed E-state index contributed by atoms with van der Waals surface area (Å²) < 4.78 is 10.8. The third-order valence-corrected chi connectivity index (χ3v) is 2.99. The maximum absolute atomic E-state index is 12.3. The number of anilines is 1. The Morgan fingerprint density at radius 2 is 1.72 bits per heavy atom. The van der Waals surface area contributed by atoms with Crippen molar-refractivity contribution in [2.24, 2.45) is 0 Å².